The number of hydrogen-bond donors (Lipinski definition) is 1. The number of aliphatic hydroxyl groups excluding tert-OH is 1. The van der Waals surface area contributed by atoms with Crippen LogP contribution >= 0.6 is 0 Å². The fraction of sp³-hybridized carbons (Fsp3) is 0.385. The van der Waals surface area contributed by atoms with Crippen LogP contribution in [0.5, 0.6) is 11.5 Å². The second-order valence-electron chi connectivity index (χ2n) is 4.24. The van der Waals surface area contributed by atoms with Crippen molar-refractivity contribution in [1.82, 2.24) is 0 Å². The predicted octanol–water partition coefficient (Wildman–Crippen LogP) is 2.34. The molecular weight excluding hydrogens is 204 g/mol. The van der Waals surface area contributed by atoms with E-state index in [4.69, 9.17) is 9.47 Å². The molecule has 1 saturated carbocycles. The zero-order valence-electron chi connectivity index (χ0n) is 8.98. The topological polar surface area (TPSA) is 38.7 Å². The molecule has 0 saturated heterocycles. The smallest absolute Gasteiger partial charge is 0.231 e. The number of benzene rings is 1. The first-order valence-electron chi connectivity index (χ1n) is 5.61. The number of fused-ring (bicyclic) bond motifs is 1. The molecule has 0 aromatic heterocycles. The van der Waals surface area contributed by atoms with Crippen molar-refractivity contribution < 1.29 is 14.6 Å². The summed E-state index contributed by atoms with van der Waals surface area (Å²) in [4.78, 5) is 0. The van der Waals surface area contributed by atoms with Crippen LogP contribution in [0.2, 0.25) is 0 Å². The average molecular weight is 218 g/mol. The monoisotopic (exact) mass is 218 g/mol. The lowest BCUT2D eigenvalue weighted by molar-refractivity contribution is 0.174. The number of rotatable bonds is 1. The fourth-order valence-corrected chi connectivity index (χ4v) is 2.24. The standard InChI is InChI=1S/C13H14O3/c14-11-3-1-2-10(11)6-9-4-5-12-13(7-9)16-8-15-12/h4-7,11,14H,1-3,8H2/b10-6+. The average Bonchev–Trinajstić information content (AvgIpc) is 2.88. The summed E-state index contributed by atoms with van der Waals surface area (Å²) >= 11 is 0. The highest BCUT2D eigenvalue weighted by Gasteiger charge is 2.18. The van der Waals surface area contributed by atoms with E-state index in [-0.39, 0.29) is 6.10 Å². The Labute approximate surface area is 94.3 Å². The molecule has 1 heterocycles. The van der Waals surface area contributed by atoms with Gasteiger partial charge in [0.2, 0.25) is 6.79 Å². The van der Waals surface area contributed by atoms with Gasteiger partial charge >= 0.3 is 0 Å². The molecule has 84 valence electrons. The summed E-state index contributed by atoms with van der Waals surface area (Å²) in [5, 5.41) is 9.72. The normalized spacial score (nSPS) is 25.3. The molecule has 3 nitrogen and oxygen atoms in total. The zero-order valence-corrected chi connectivity index (χ0v) is 8.98. The number of hydrogen-bond acceptors (Lipinski definition) is 3. The Hall–Kier alpha value is -1.48. The van der Waals surface area contributed by atoms with Gasteiger partial charge in [0, 0.05) is 0 Å². The maximum absolute atomic E-state index is 9.72. The van der Waals surface area contributed by atoms with E-state index in [2.05, 4.69) is 6.08 Å². The molecule has 2 aliphatic rings. The van der Waals surface area contributed by atoms with E-state index >= 15 is 0 Å². The largest absolute Gasteiger partial charge is 0.454 e. The first kappa shape index (κ1) is 9.73. The summed E-state index contributed by atoms with van der Waals surface area (Å²) < 4.78 is 10.6. The highest BCUT2D eigenvalue weighted by atomic mass is 16.7. The Morgan fingerprint density at radius 1 is 1.25 bits per heavy atom. The van der Waals surface area contributed by atoms with E-state index in [1.54, 1.807) is 0 Å². The van der Waals surface area contributed by atoms with E-state index in [9.17, 15) is 5.11 Å². The van der Waals surface area contributed by atoms with E-state index < -0.39 is 0 Å². The van der Waals surface area contributed by atoms with Gasteiger partial charge in [-0.05, 0) is 42.5 Å². The van der Waals surface area contributed by atoms with Crippen LogP contribution in [0.4, 0.5) is 0 Å². The van der Waals surface area contributed by atoms with Gasteiger partial charge in [-0.2, -0.15) is 0 Å². The van der Waals surface area contributed by atoms with Crippen LogP contribution in [0.25, 0.3) is 6.08 Å². The molecular formula is C13H14O3. The van der Waals surface area contributed by atoms with Crippen LogP contribution in [-0.4, -0.2) is 18.0 Å². The van der Waals surface area contributed by atoms with E-state index in [1.165, 1.54) is 0 Å². The van der Waals surface area contributed by atoms with Crippen molar-refractivity contribution in [2.24, 2.45) is 0 Å². The highest BCUT2D eigenvalue weighted by molar-refractivity contribution is 5.59. The minimum absolute atomic E-state index is 0.259. The van der Waals surface area contributed by atoms with Gasteiger partial charge in [0.15, 0.2) is 11.5 Å². The molecule has 0 radical (unpaired) electrons. The first-order valence-corrected chi connectivity index (χ1v) is 5.61. The Kier molecular flexibility index (Phi) is 2.33. The molecule has 1 unspecified atom stereocenters. The molecule has 1 atom stereocenters. The van der Waals surface area contributed by atoms with Crippen molar-refractivity contribution in [1.29, 1.82) is 0 Å². The lowest BCUT2D eigenvalue weighted by atomic mass is 10.1. The van der Waals surface area contributed by atoms with Crippen molar-refractivity contribution in [3.05, 3.63) is 29.3 Å². The summed E-state index contributed by atoms with van der Waals surface area (Å²) in [6.07, 6.45) is 4.76. The highest BCUT2D eigenvalue weighted by Crippen LogP contribution is 2.34. The van der Waals surface area contributed by atoms with Gasteiger partial charge in [-0.15, -0.1) is 0 Å². The van der Waals surface area contributed by atoms with Crippen LogP contribution in [-0.2, 0) is 0 Å². The molecule has 1 aromatic rings. The van der Waals surface area contributed by atoms with Crippen LogP contribution in [0.3, 0.4) is 0 Å². The molecule has 1 aliphatic heterocycles. The lowest BCUT2D eigenvalue weighted by Crippen LogP contribution is -2.00. The summed E-state index contributed by atoms with van der Waals surface area (Å²) in [5.74, 6) is 1.59. The number of aliphatic hydroxyl groups is 1. The SMILES string of the molecule is OC1CCC/C1=C\c1ccc2c(c1)OCO2. The van der Waals surface area contributed by atoms with Gasteiger partial charge in [0.1, 0.15) is 0 Å². The van der Waals surface area contributed by atoms with E-state index in [1.807, 2.05) is 18.2 Å². The lowest BCUT2D eigenvalue weighted by Gasteiger charge is -2.04. The molecule has 1 fully saturated rings. The van der Waals surface area contributed by atoms with Crippen LogP contribution in [0, 0.1) is 0 Å². The molecule has 0 spiro atoms. The van der Waals surface area contributed by atoms with Crippen molar-refractivity contribution in [3.8, 4) is 11.5 Å². The van der Waals surface area contributed by atoms with Gasteiger partial charge in [0.05, 0.1) is 6.10 Å². The third-order valence-corrected chi connectivity index (χ3v) is 3.12. The van der Waals surface area contributed by atoms with Gasteiger partial charge in [-0.25, -0.2) is 0 Å². The van der Waals surface area contributed by atoms with Gasteiger partial charge in [-0.1, -0.05) is 12.1 Å². The Bertz CT molecular complexity index is 437. The molecule has 1 aliphatic carbocycles. The zero-order chi connectivity index (χ0) is 11.0. The van der Waals surface area contributed by atoms with Gasteiger partial charge < -0.3 is 14.6 Å². The van der Waals surface area contributed by atoms with Crippen molar-refractivity contribution in [2.45, 2.75) is 25.4 Å². The molecule has 0 amide bonds. The summed E-state index contributed by atoms with van der Waals surface area (Å²) in [6, 6.07) is 5.86. The summed E-state index contributed by atoms with van der Waals surface area (Å²) in [7, 11) is 0. The third-order valence-electron chi connectivity index (χ3n) is 3.12. The van der Waals surface area contributed by atoms with E-state index in [0.29, 0.717) is 6.79 Å². The predicted molar refractivity (Wildman–Crippen MR) is 60.4 cm³/mol. The second-order valence-corrected chi connectivity index (χ2v) is 4.24. The van der Waals surface area contributed by atoms with Gasteiger partial charge in [-0.3, -0.25) is 0 Å². The van der Waals surface area contributed by atoms with Crippen molar-refractivity contribution in [3.63, 3.8) is 0 Å². The van der Waals surface area contributed by atoms with Crippen molar-refractivity contribution >= 4 is 6.08 Å². The molecule has 3 rings (SSSR count). The van der Waals surface area contributed by atoms with Crippen molar-refractivity contribution in [2.75, 3.05) is 6.79 Å². The van der Waals surface area contributed by atoms with Gasteiger partial charge in [0.25, 0.3) is 0 Å². The maximum atomic E-state index is 9.72. The van der Waals surface area contributed by atoms with Crippen LogP contribution < -0.4 is 9.47 Å². The Morgan fingerprint density at radius 3 is 2.94 bits per heavy atom. The third kappa shape index (κ3) is 1.67. The summed E-state index contributed by atoms with van der Waals surface area (Å²) in [6.45, 7) is 0.304. The molecule has 0 bridgehead atoms. The Balaban J connectivity index is 1.90. The second kappa shape index (κ2) is 3.83. The Morgan fingerprint density at radius 2 is 2.12 bits per heavy atom. The minimum atomic E-state index is -0.259. The number of ether oxygens (including phenoxy) is 2. The molecule has 16 heavy (non-hydrogen) atoms. The maximum Gasteiger partial charge on any atom is 0.231 e. The van der Waals surface area contributed by atoms with E-state index in [0.717, 1.165) is 41.9 Å². The first-order chi connectivity index (χ1) is 7.83. The molecule has 3 heteroatoms. The van der Waals surface area contributed by atoms with Crippen LogP contribution in [0.15, 0.2) is 23.8 Å². The quantitative estimate of drug-likeness (QED) is 0.786. The van der Waals surface area contributed by atoms with Crippen LogP contribution in [0.1, 0.15) is 24.8 Å². The minimum Gasteiger partial charge on any atom is -0.454 e. The summed E-state index contributed by atoms with van der Waals surface area (Å²) in [5.41, 5.74) is 2.19. The molecule has 1 aromatic carbocycles. The molecule has 1 N–H and O–H groups in total. The fourth-order valence-electron chi connectivity index (χ4n) is 2.24.